The lowest BCUT2D eigenvalue weighted by atomic mass is 9.95. The van der Waals surface area contributed by atoms with E-state index in [0.29, 0.717) is 19.8 Å². The molecule has 0 radical (unpaired) electrons. The third kappa shape index (κ3) is 3.23. The predicted octanol–water partition coefficient (Wildman–Crippen LogP) is -0.229. The van der Waals surface area contributed by atoms with E-state index < -0.39 is 6.10 Å². The largest absolute Gasteiger partial charge is 0.390 e. The van der Waals surface area contributed by atoms with E-state index in [0.717, 1.165) is 50.0 Å². The van der Waals surface area contributed by atoms with Gasteiger partial charge in [0.25, 0.3) is 11.5 Å². The number of rotatable bonds is 2. The van der Waals surface area contributed by atoms with Crippen molar-refractivity contribution in [2.75, 3.05) is 39.4 Å². The SMILES string of the molecule is O=C(c1cc2c([nH]c1=O)CCCC2)N1C[C@@H](O)[C@H](N2CCOCC2)C1. The highest BCUT2D eigenvalue weighted by Crippen LogP contribution is 2.22. The van der Waals surface area contributed by atoms with Gasteiger partial charge in [-0.3, -0.25) is 14.5 Å². The van der Waals surface area contributed by atoms with Gasteiger partial charge in [-0.15, -0.1) is 0 Å². The highest BCUT2D eigenvalue weighted by molar-refractivity contribution is 5.94. The topological polar surface area (TPSA) is 85.9 Å². The summed E-state index contributed by atoms with van der Waals surface area (Å²) in [6.45, 7) is 3.57. The van der Waals surface area contributed by atoms with Gasteiger partial charge in [-0.1, -0.05) is 0 Å². The molecular weight excluding hydrogens is 322 g/mol. The Bertz CT molecular complexity index is 711. The second-order valence-corrected chi connectivity index (χ2v) is 7.22. The van der Waals surface area contributed by atoms with Crippen LogP contribution < -0.4 is 5.56 Å². The van der Waals surface area contributed by atoms with Gasteiger partial charge in [0.2, 0.25) is 0 Å². The maximum atomic E-state index is 12.9. The van der Waals surface area contributed by atoms with E-state index in [1.54, 1.807) is 11.0 Å². The van der Waals surface area contributed by atoms with Crippen LogP contribution in [0.4, 0.5) is 0 Å². The fraction of sp³-hybridized carbons (Fsp3) is 0.667. The van der Waals surface area contributed by atoms with E-state index in [1.165, 1.54) is 0 Å². The number of nitrogens with one attached hydrogen (secondary N) is 1. The zero-order valence-corrected chi connectivity index (χ0v) is 14.4. The Kier molecular flexibility index (Phi) is 4.62. The van der Waals surface area contributed by atoms with Gasteiger partial charge in [-0.2, -0.15) is 0 Å². The number of hydrogen-bond donors (Lipinski definition) is 2. The van der Waals surface area contributed by atoms with Gasteiger partial charge in [-0.05, 0) is 37.3 Å². The van der Waals surface area contributed by atoms with Crippen molar-refractivity contribution < 1.29 is 14.6 Å². The van der Waals surface area contributed by atoms with E-state index in [2.05, 4.69) is 9.88 Å². The molecule has 1 aromatic rings. The highest BCUT2D eigenvalue weighted by Gasteiger charge is 2.39. The number of morpholine rings is 1. The molecular formula is C18H25N3O4. The number of carbonyl (C=O) groups excluding carboxylic acids is 1. The van der Waals surface area contributed by atoms with Gasteiger partial charge < -0.3 is 19.7 Å². The molecule has 25 heavy (non-hydrogen) atoms. The van der Waals surface area contributed by atoms with Crippen molar-refractivity contribution in [3.05, 3.63) is 33.2 Å². The number of likely N-dealkylation sites (tertiary alicyclic amines) is 1. The molecule has 3 heterocycles. The van der Waals surface area contributed by atoms with Crippen molar-refractivity contribution in [3.63, 3.8) is 0 Å². The number of pyridine rings is 1. The number of aromatic nitrogens is 1. The fourth-order valence-corrected chi connectivity index (χ4v) is 4.21. The van der Waals surface area contributed by atoms with Gasteiger partial charge in [-0.25, -0.2) is 0 Å². The molecule has 1 amide bonds. The number of aliphatic hydroxyl groups is 1. The van der Waals surface area contributed by atoms with Crippen molar-refractivity contribution in [1.82, 2.24) is 14.8 Å². The van der Waals surface area contributed by atoms with Crippen LogP contribution in [0.5, 0.6) is 0 Å². The minimum absolute atomic E-state index is 0.0791. The molecule has 4 rings (SSSR count). The van der Waals surface area contributed by atoms with Crippen molar-refractivity contribution in [1.29, 1.82) is 0 Å². The number of ether oxygens (including phenoxy) is 1. The van der Waals surface area contributed by atoms with Crippen LogP contribution in [0.3, 0.4) is 0 Å². The number of aryl methyl sites for hydroxylation is 2. The van der Waals surface area contributed by atoms with Crippen LogP contribution in [0.2, 0.25) is 0 Å². The summed E-state index contributed by atoms with van der Waals surface area (Å²) in [5.74, 6) is -0.274. The van der Waals surface area contributed by atoms with Gasteiger partial charge in [0.05, 0.1) is 25.4 Å². The van der Waals surface area contributed by atoms with Crippen LogP contribution in [-0.4, -0.2) is 77.3 Å². The van der Waals surface area contributed by atoms with Crippen molar-refractivity contribution >= 4 is 5.91 Å². The van der Waals surface area contributed by atoms with E-state index >= 15 is 0 Å². The summed E-state index contributed by atoms with van der Waals surface area (Å²) in [6, 6.07) is 1.69. The maximum Gasteiger partial charge on any atom is 0.261 e. The molecule has 3 aliphatic rings. The zero-order chi connectivity index (χ0) is 17.4. The second-order valence-electron chi connectivity index (χ2n) is 7.22. The number of carbonyl (C=O) groups is 1. The Labute approximate surface area is 146 Å². The molecule has 2 saturated heterocycles. The minimum Gasteiger partial charge on any atom is -0.390 e. The lowest BCUT2D eigenvalue weighted by Crippen LogP contribution is -2.49. The molecule has 2 N–H and O–H groups in total. The summed E-state index contributed by atoms with van der Waals surface area (Å²) < 4.78 is 5.36. The number of β-amino-alcohol motifs (C(OH)–C–C–N with tert-alkyl or cyclic N) is 1. The van der Waals surface area contributed by atoms with Crippen LogP contribution in [0.25, 0.3) is 0 Å². The first kappa shape index (κ1) is 16.8. The molecule has 0 unspecified atom stereocenters. The van der Waals surface area contributed by atoms with E-state index in [-0.39, 0.29) is 29.6 Å². The van der Waals surface area contributed by atoms with Crippen LogP contribution >= 0.6 is 0 Å². The highest BCUT2D eigenvalue weighted by atomic mass is 16.5. The summed E-state index contributed by atoms with van der Waals surface area (Å²) in [5, 5.41) is 10.4. The van der Waals surface area contributed by atoms with Crippen LogP contribution in [0, 0.1) is 0 Å². The Balaban J connectivity index is 1.52. The number of fused-ring (bicyclic) bond motifs is 1. The van der Waals surface area contributed by atoms with Crippen LogP contribution in [0.1, 0.15) is 34.5 Å². The summed E-state index contributed by atoms with van der Waals surface area (Å²) in [4.78, 5) is 31.9. The standard InChI is InChI=1S/C18H25N3O4/c22-16-11-21(10-15(16)20-5-7-25-8-6-20)18(24)13-9-12-3-1-2-4-14(12)19-17(13)23/h9,15-16,22H,1-8,10-11H2,(H,19,23)/t15-,16-/m1/s1. The molecule has 0 spiro atoms. The van der Waals surface area contributed by atoms with Gasteiger partial charge in [0.1, 0.15) is 5.56 Å². The first-order chi connectivity index (χ1) is 12.1. The second kappa shape index (κ2) is 6.90. The van der Waals surface area contributed by atoms with E-state index in [1.807, 2.05) is 0 Å². The molecule has 136 valence electrons. The minimum atomic E-state index is -0.584. The van der Waals surface area contributed by atoms with Crippen LogP contribution in [0.15, 0.2) is 10.9 Å². The Morgan fingerprint density at radius 1 is 1.20 bits per heavy atom. The first-order valence-electron chi connectivity index (χ1n) is 9.17. The number of amides is 1. The lowest BCUT2D eigenvalue weighted by molar-refractivity contribution is -0.00611. The summed E-state index contributed by atoms with van der Waals surface area (Å²) in [6.07, 6.45) is 3.37. The van der Waals surface area contributed by atoms with Gasteiger partial charge in [0.15, 0.2) is 0 Å². The Morgan fingerprint density at radius 3 is 2.76 bits per heavy atom. The maximum absolute atomic E-state index is 12.9. The third-order valence-electron chi connectivity index (χ3n) is 5.63. The molecule has 7 heteroatoms. The van der Waals surface area contributed by atoms with Crippen molar-refractivity contribution in [2.45, 2.75) is 37.8 Å². The summed E-state index contributed by atoms with van der Waals surface area (Å²) >= 11 is 0. The van der Waals surface area contributed by atoms with E-state index in [4.69, 9.17) is 4.74 Å². The molecule has 1 aromatic heterocycles. The summed E-state index contributed by atoms with van der Waals surface area (Å²) in [7, 11) is 0. The number of H-pyrrole nitrogens is 1. The molecule has 7 nitrogen and oxygen atoms in total. The average molecular weight is 347 g/mol. The lowest BCUT2D eigenvalue weighted by Gasteiger charge is -2.33. The smallest absolute Gasteiger partial charge is 0.261 e. The van der Waals surface area contributed by atoms with Crippen molar-refractivity contribution in [2.24, 2.45) is 0 Å². The van der Waals surface area contributed by atoms with Gasteiger partial charge >= 0.3 is 0 Å². The Morgan fingerprint density at radius 2 is 1.96 bits per heavy atom. The van der Waals surface area contributed by atoms with Crippen LogP contribution in [-0.2, 0) is 17.6 Å². The third-order valence-corrected chi connectivity index (χ3v) is 5.63. The number of hydrogen-bond acceptors (Lipinski definition) is 5. The molecule has 1 aliphatic carbocycles. The normalized spacial score (nSPS) is 27.3. The number of aliphatic hydroxyl groups excluding tert-OH is 1. The molecule has 0 bridgehead atoms. The Hall–Kier alpha value is -1.70. The number of aromatic amines is 1. The number of nitrogens with zero attached hydrogens (tertiary/aromatic N) is 2. The molecule has 2 atom stereocenters. The molecule has 0 saturated carbocycles. The summed E-state index contributed by atoms with van der Waals surface area (Å²) in [5.41, 5.74) is 1.95. The molecule has 0 aromatic carbocycles. The fourth-order valence-electron chi connectivity index (χ4n) is 4.21. The first-order valence-corrected chi connectivity index (χ1v) is 9.17. The van der Waals surface area contributed by atoms with Crippen molar-refractivity contribution in [3.8, 4) is 0 Å². The van der Waals surface area contributed by atoms with Gasteiger partial charge in [0, 0.05) is 31.9 Å². The predicted molar refractivity (Wildman–Crippen MR) is 91.8 cm³/mol. The quantitative estimate of drug-likeness (QED) is 0.772. The monoisotopic (exact) mass is 347 g/mol. The zero-order valence-electron chi connectivity index (χ0n) is 14.4. The van der Waals surface area contributed by atoms with E-state index in [9.17, 15) is 14.7 Å². The molecule has 2 aliphatic heterocycles. The average Bonchev–Trinajstić information content (AvgIpc) is 3.03. The molecule has 2 fully saturated rings.